The van der Waals surface area contributed by atoms with Crippen LogP contribution < -0.4 is 5.32 Å². The molecule has 0 amide bonds. The van der Waals surface area contributed by atoms with Gasteiger partial charge in [-0.2, -0.15) is 0 Å². The Morgan fingerprint density at radius 3 is 3.19 bits per heavy atom. The van der Waals surface area contributed by atoms with Gasteiger partial charge in [-0.05, 0) is 59.3 Å². The number of rotatable bonds is 4. The molecule has 0 bridgehead atoms. The number of hydrogen-bond acceptors (Lipinski definition) is 2. The summed E-state index contributed by atoms with van der Waals surface area (Å²) in [5, 5.41) is 3.73. The zero-order valence-electron chi connectivity index (χ0n) is 10.1. The highest BCUT2D eigenvalue weighted by atomic mass is 79.9. The Bertz CT molecular complexity index is 348. The first kappa shape index (κ1) is 12.6. The molecule has 1 aromatic heterocycles. The number of halogens is 1. The van der Waals surface area contributed by atoms with Gasteiger partial charge in [0, 0.05) is 10.9 Å². The third-order valence-electron chi connectivity index (χ3n) is 3.49. The van der Waals surface area contributed by atoms with Gasteiger partial charge in [-0.3, -0.25) is 0 Å². The molecule has 0 saturated carbocycles. The maximum Gasteiger partial charge on any atom is 0.0704 e. The molecule has 90 valence electrons. The monoisotopic (exact) mass is 301 g/mol. The lowest BCUT2D eigenvalue weighted by atomic mass is 9.93. The molecule has 1 aliphatic carbocycles. The lowest BCUT2D eigenvalue weighted by molar-refractivity contribution is 0.411. The van der Waals surface area contributed by atoms with E-state index in [0.29, 0.717) is 6.04 Å². The van der Waals surface area contributed by atoms with Crippen molar-refractivity contribution in [2.45, 2.75) is 45.6 Å². The maximum atomic E-state index is 3.73. The van der Waals surface area contributed by atoms with Gasteiger partial charge in [-0.15, -0.1) is 11.3 Å². The van der Waals surface area contributed by atoms with Crippen LogP contribution in [0, 0.1) is 5.92 Å². The molecule has 1 heterocycles. The lowest BCUT2D eigenvalue weighted by Gasteiger charge is -2.25. The van der Waals surface area contributed by atoms with Crippen LogP contribution in [-0.2, 0) is 6.42 Å². The zero-order valence-corrected chi connectivity index (χ0v) is 12.5. The Balaban J connectivity index is 2.01. The number of thiophene rings is 1. The Hall–Kier alpha value is 0.140. The summed E-state index contributed by atoms with van der Waals surface area (Å²) in [7, 11) is 0. The molecule has 2 rings (SSSR count). The van der Waals surface area contributed by atoms with Crippen molar-refractivity contribution in [2.75, 3.05) is 6.54 Å². The van der Waals surface area contributed by atoms with Gasteiger partial charge in [0.25, 0.3) is 0 Å². The minimum atomic E-state index is 0.597. The Kier molecular flexibility index (Phi) is 4.45. The zero-order chi connectivity index (χ0) is 11.5. The van der Waals surface area contributed by atoms with Crippen molar-refractivity contribution in [2.24, 2.45) is 5.92 Å². The second kappa shape index (κ2) is 5.65. The minimum absolute atomic E-state index is 0.597. The number of hydrogen-bond donors (Lipinski definition) is 1. The van der Waals surface area contributed by atoms with Gasteiger partial charge in [0.1, 0.15) is 0 Å². The van der Waals surface area contributed by atoms with E-state index in [2.05, 4.69) is 41.2 Å². The van der Waals surface area contributed by atoms with E-state index in [1.807, 2.05) is 11.3 Å². The van der Waals surface area contributed by atoms with Crippen molar-refractivity contribution in [1.29, 1.82) is 0 Å². The molecule has 16 heavy (non-hydrogen) atoms. The Morgan fingerprint density at radius 1 is 1.62 bits per heavy atom. The summed E-state index contributed by atoms with van der Waals surface area (Å²) in [4.78, 5) is 1.58. The van der Waals surface area contributed by atoms with Crippen LogP contribution in [0.3, 0.4) is 0 Å². The maximum absolute atomic E-state index is 3.73. The van der Waals surface area contributed by atoms with Gasteiger partial charge in [-0.1, -0.05) is 20.3 Å². The van der Waals surface area contributed by atoms with E-state index in [4.69, 9.17) is 0 Å². The van der Waals surface area contributed by atoms with Crippen LogP contribution in [-0.4, -0.2) is 6.54 Å². The smallest absolute Gasteiger partial charge is 0.0704 e. The predicted molar refractivity (Wildman–Crippen MR) is 75.2 cm³/mol. The van der Waals surface area contributed by atoms with E-state index in [0.717, 1.165) is 12.5 Å². The molecule has 0 fully saturated rings. The van der Waals surface area contributed by atoms with Gasteiger partial charge < -0.3 is 5.32 Å². The van der Waals surface area contributed by atoms with Crippen molar-refractivity contribution in [3.63, 3.8) is 0 Å². The fourth-order valence-corrected chi connectivity index (χ4v) is 4.04. The Morgan fingerprint density at radius 2 is 2.44 bits per heavy atom. The first-order valence-electron chi connectivity index (χ1n) is 6.22. The summed E-state index contributed by atoms with van der Waals surface area (Å²) in [6.45, 7) is 5.73. The summed E-state index contributed by atoms with van der Waals surface area (Å²) < 4.78 is 1.29. The number of fused-ring (bicyclic) bond motifs is 1. The molecule has 0 spiro atoms. The average molecular weight is 302 g/mol. The van der Waals surface area contributed by atoms with Gasteiger partial charge in [0.05, 0.1) is 3.79 Å². The molecule has 1 aliphatic rings. The highest BCUT2D eigenvalue weighted by Crippen LogP contribution is 2.37. The molecule has 3 heteroatoms. The quantitative estimate of drug-likeness (QED) is 0.862. The first-order valence-corrected chi connectivity index (χ1v) is 7.83. The summed E-state index contributed by atoms with van der Waals surface area (Å²) in [6.07, 6.45) is 5.16. The predicted octanol–water partition coefficient (Wildman–Crippen LogP) is 4.52. The average Bonchev–Trinajstić information content (AvgIpc) is 2.66. The molecule has 1 N–H and O–H groups in total. The normalized spacial score (nSPS) is 21.8. The van der Waals surface area contributed by atoms with Crippen LogP contribution in [0.15, 0.2) is 9.85 Å². The largest absolute Gasteiger partial charge is 0.310 e. The van der Waals surface area contributed by atoms with E-state index in [1.54, 1.807) is 10.4 Å². The van der Waals surface area contributed by atoms with Crippen molar-refractivity contribution >= 4 is 27.3 Å². The third-order valence-corrected chi connectivity index (χ3v) is 5.21. The van der Waals surface area contributed by atoms with Crippen LogP contribution in [0.4, 0.5) is 0 Å². The Labute approximate surface area is 111 Å². The van der Waals surface area contributed by atoms with Crippen LogP contribution in [0.25, 0.3) is 0 Å². The van der Waals surface area contributed by atoms with Crippen LogP contribution in [0.5, 0.6) is 0 Å². The van der Waals surface area contributed by atoms with Crippen LogP contribution >= 0.6 is 27.3 Å². The molecule has 0 radical (unpaired) electrons. The molecular formula is C13H20BrNS. The van der Waals surface area contributed by atoms with E-state index in [9.17, 15) is 0 Å². The first-order chi connectivity index (χ1) is 7.70. The molecule has 2 unspecified atom stereocenters. The molecule has 2 atom stereocenters. The van der Waals surface area contributed by atoms with Gasteiger partial charge >= 0.3 is 0 Å². The lowest BCUT2D eigenvalue weighted by Crippen LogP contribution is -2.28. The minimum Gasteiger partial charge on any atom is -0.310 e. The fourth-order valence-electron chi connectivity index (χ4n) is 2.22. The van der Waals surface area contributed by atoms with Crippen molar-refractivity contribution in [3.8, 4) is 0 Å². The van der Waals surface area contributed by atoms with E-state index in [-0.39, 0.29) is 0 Å². The molecule has 0 aromatic carbocycles. The van der Waals surface area contributed by atoms with E-state index in [1.165, 1.54) is 29.5 Å². The van der Waals surface area contributed by atoms with Crippen LogP contribution in [0.1, 0.15) is 49.6 Å². The van der Waals surface area contributed by atoms with Crippen LogP contribution in [0.2, 0.25) is 0 Å². The van der Waals surface area contributed by atoms with Crippen molar-refractivity contribution in [3.05, 3.63) is 20.3 Å². The van der Waals surface area contributed by atoms with Gasteiger partial charge in [-0.25, -0.2) is 0 Å². The summed E-state index contributed by atoms with van der Waals surface area (Å²) in [6, 6.07) is 2.91. The molecule has 1 aromatic rings. The summed E-state index contributed by atoms with van der Waals surface area (Å²) in [5.74, 6) is 0.785. The highest BCUT2D eigenvalue weighted by Gasteiger charge is 2.22. The topological polar surface area (TPSA) is 12.0 Å². The molecule has 0 saturated heterocycles. The van der Waals surface area contributed by atoms with E-state index < -0.39 is 0 Å². The third kappa shape index (κ3) is 2.88. The van der Waals surface area contributed by atoms with Gasteiger partial charge in [0.2, 0.25) is 0 Å². The van der Waals surface area contributed by atoms with Crippen molar-refractivity contribution in [1.82, 2.24) is 5.32 Å². The molecule has 1 nitrogen and oxygen atoms in total. The summed E-state index contributed by atoms with van der Waals surface area (Å²) >= 11 is 5.51. The molecular weight excluding hydrogens is 282 g/mol. The highest BCUT2D eigenvalue weighted by molar-refractivity contribution is 9.11. The summed E-state index contributed by atoms with van der Waals surface area (Å²) in [5.41, 5.74) is 1.55. The van der Waals surface area contributed by atoms with E-state index >= 15 is 0 Å². The second-order valence-corrected chi connectivity index (χ2v) is 7.31. The van der Waals surface area contributed by atoms with Gasteiger partial charge in [0.15, 0.2) is 0 Å². The second-order valence-electron chi connectivity index (χ2n) is 4.80. The fraction of sp³-hybridized carbons (Fsp3) is 0.692. The molecule has 0 aliphatic heterocycles. The van der Waals surface area contributed by atoms with Crippen molar-refractivity contribution < 1.29 is 0 Å². The number of nitrogens with one attached hydrogen (secondary N) is 1. The standard InChI is InChI=1S/C13H20BrNS/c1-3-9(2)8-15-11-5-4-6-12-10(11)7-13(14)16-12/h7,9,11,15H,3-6,8H2,1-2H3. The number of aryl methyl sites for hydroxylation is 1. The SMILES string of the molecule is CCC(C)CNC1CCCc2sc(Br)cc21.